The number of halogens is 1. The van der Waals surface area contributed by atoms with Gasteiger partial charge in [-0.1, -0.05) is 19.3 Å². The van der Waals surface area contributed by atoms with Crippen molar-refractivity contribution in [1.29, 1.82) is 0 Å². The molecule has 0 aromatic carbocycles. The van der Waals surface area contributed by atoms with Crippen LogP contribution in [-0.4, -0.2) is 18.6 Å². The Labute approximate surface area is 106 Å². The van der Waals surface area contributed by atoms with Gasteiger partial charge in [0.25, 0.3) is 0 Å². The summed E-state index contributed by atoms with van der Waals surface area (Å²) in [6, 6.07) is 4.13. The molecule has 0 unspecified atom stereocenters. The Morgan fingerprint density at radius 3 is 2.69 bits per heavy atom. The van der Waals surface area contributed by atoms with Crippen molar-refractivity contribution in [1.82, 2.24) is 4.98 Å². The van der Waals surface area contributed by atoms with E-state index >= 15 is 0 Å². The summed E-state index contributed by atoms with van der Waals surface area (Å²) in [5.41, 5.74) is 0. The van der Waals surface area contributed by atoms with E-state index in [1.807, 2.05) is 6.20 Å². The van der Waals surface area contributed by atoms with Crippen molar-refractivity contribution >= 4 is 21.7 Å². The molecule has 1 aliphatic carbocycles. The van der Waals surface area contributed by atoms with Crippen LogP contribution in [-0.2, 0) is 0 Å². The number of aromatic nitrogens is 1. The van der Waals surface area contributed by atoms with Crippen molar-refractivity contribution in [2.75, 3.05) is 18.5 Å². The van der Waals surface area contributed by atoms with Crippen LogP contribution in [0.1, 0.15) is 32.1 Å². The van der Waals surface area contributed by atoms with E-state index in [1.165, 1.54) is 32.1 Å². The summed E-state index contributed by atoms with van der Waals surface area (Å²) < 4.78 is 1.04. The van der Waals surface area contributed by atoms with E-state index in [-0.39, 0.29) is 0 Å². The predicted octanol–water partition coefficient (Wildman–Crippen LogP) is 3.86. The van der Waals surface area contributed by atoms with Crippen LogP contribution in [0.3, 0.4) is 0 Å². The molecule has 16 heavy (non-hydrogen) atoms. The number of hydrogen-bond donors (Lipinski definition) is 0. The van der Waals surface area contributed by atoms with Crippen LogP contribution < -0.4 is 4.90 Å². The number of hydrogen-bond acceptors (Lipinski definition) is 2. The maximum absolute atomic E-state index is 4.42. The normalized spacial score (nSPS) is 17.4. The zero-order valence-electron chi connectivity index (χ0n) is 9.82. The summed E-state index contributed by atoms with van der Waals surface area (Å²) in [5.74, 6) is 1.94. The SMILES string of the molecule is CN(CC1CCCCC1)c1ccc(Br)cn1. The molecule has 1 aromatic rings. The average Bonchev–Trinajstić information content (AvgIpc) is 2.31. The fourth-order valence-corrected chi connectivity index (χ4v) is 2.68. The first-order valence-electron chi connectivity index (χ1n) is 6.08. The Morgan fingerprint density at radius 1 is 1.31 bits per heavy atom. The minimum Gasteiger partial charge on any atom is -0.359 e. The van der Waals surface area contributed by atoms with Gasteiger partial charge in [0.1, 0.15) is 5.82 Å². The number of pyridine rings is 1. The highest BCUT2D eigenvalue weighted by atomic mass is 79.9. The molecule has 1 aromatic heterocycles. The third-order valence-electron chi connectivity index (χ3n) is 3.36. The monoisotopic (exact) mass is 282 g/mol. The van der Waals surface area contributed by atoms with E-state index in [0.29, 0.717) is 0 Å². The smallest absolute Gasteiger partial charge is 0.128 e. The second-order valence-electron chi connectivity index (χ2n) is 4.72. The molecule has 88 valence electrons. The first-order valence-corrected chi connectivity index (χ1v) is 6.87. The number of anilines is 1. The molecule has 0 amide bonds. The Morgan fingerprint density at radius 2 is 2.06 bits per heavy atom. The first kappa shape index (κ1) is 11.9. The third-order valence-corrected chi connectivity index (χ3v) is 3.83. The topological polar surface area (TPSA) is 16.1 Å². The zero-order chi connectivity index (χ0) is 11.4. The van der Waals surface area contributed by atoms with E-state index in [9.17, 15) is 0 Å². The molecule has 2 nitrogen and oxygen atoms in total. The van der Waals surface area contributed by atoms with Crippen LogP contribution >= 0.6 is 15.9 Å². The number of rotatable bonds is 3. The summed E-state index contributed by atoms with van der Waals surface area (Å²) in [6.07, 6.45) is 8.89. The van der Waals surface area contributed by atoms with E-state index in [0.717, 1.165) is 22.8 Å². The maximum atomic E-state index is 4.42. The van der Waals surface area contributed by atoms with Gasteiger partial charge in [-0.3, -0.25) is 0 Å². The molecule has 0 radical (unpaired) electrons. The van der Waals surface area contributed by atoms with Crippen LogP contribution in [0.5, 0.6) is 0 Å². The van der Waals surface area contributed by atoms with Gasteiger partial charge < -0.3 is 4.90 Å². The lowest BCUT2D eigenvalue weighted by Gasteiger charge is -2.27. The Bertz CT molecular complexity index is 317. The van der Waals surface area contributed by atoms with E-state index < -0.39 is 0 Å². The maximum Gasteiger partial charge on any atom is 0.128 e. The molecule has 0 saturated heterocycles. The summed E-state index contributed by atoms with van der Waals surface area (Å²) in [6.45, 7) is 1.15. The minimum atomic E-state index is 0.865. The lowest BCUT2D eigenvalue weighted by molar-refractivity contribution is 0.361. The largest absolute Gasteiger partial charge is 0.359 e. The fourth-order valence-electron chi connectivity index (χ4n) is 2.44. The van der Waals surface area contributed by atoms with Crippen molar-refractivity contribution in [3.63, 3.8) is 0 Å². The van der Waals surface area contributed by atoms with Crippen molar-refractivity contribution in [2.24, 2.45) is 5.92 Å². The Kier molecular flexibility index (Phi) is 4.22. The first-order chi connectivity index (χ1) is 7.75. The molecule has 0 aliphatic heterocycles. The molecule has 3 heteroatoms. The lowest BCUT2D eigenvalue weighted by atomic mass is 9.89. The minimum absolute atomic E-state index is 0.865. The average molecular weight is 283 g/mol. The molecular formula is C13H19BrN2. The van der Waals surface area contributed by atoms with E-state index in [4.69, 9.17) is 0 Å². The molecule has 1 aliphatic rings. The highest BCUT2D eigenvalue weighted by Gasteiger charge is 2.15. The van der Waals surface area contributed by atoms with E-state index in [1.54, 1.807) is 0 Å². The van der Waals surface area contributed by atoms with Gasteiger partial charge in [0, 0.05) is 24.3 Å². The molecular weight excluding hydrogens is 264 g/mol. The Balaban J connectivity index is 1.91. The molecule has 0 atom stereocenters. The molecule has 0 bridgehead atoms. The molecule has 1 saturated carbocycles. The van der Waals surface area contributed by atoms with Crippen LogP contribution in [0.25, 0.3) is 0 Å². The molecule has 2 rings (SSSR count). The second kappa shape index (κ2) is 5.67. The highest BCUT2D eigenvalue weighted by molar-refractivity contribution is 9.10. The standard InChI is InChI=1S/C13H19BrN2/c1-16(10-11-5-3-2-4-6-11)13-8-7-12(14)9-15-13/h7-9,11H,2-6,10H2,1H3. The third kappa shape index (κ3) is 3.21. The van der Waals surface area contributed by atoms with Gasteiger partial charge in [0.15, 0.2) is 0 Å². The summed E-state index contributed by atoms with van der Waals surface area (Å²) in [7, 11) is 2.14. The summed E-state index contributed by atoms with van der Waals surface area (Å²) >= 11 is 3.41. The van der Waals surface area contributed by atoms with Gasteiger partial charge in [-0.05, 0) is 46.8 Å². The van der Waals surface area contributed by atoms with Crippen LogP contribution in [0.15, 0.2) is 22.8 Å². The summed E-state index contributed by atoms with van der Waals surface area (Å²) in [5, 5.41) is 0. The van der Waals surface area contributed by atoms with Gasteiger partial charge in [0.05, 0.1) is 0 Å². The van der Waals surface area contributed by atoms with Gasteiger partial charge in [-0.25, -0.2) is 4.98 Å². The van der Waals surface area contributed by atoms with Gasteiger partial charge in [0.2, 0.25) is 0 Å². The van der Waals surface area contributed by atoms with Crippen molar-refractivity contribution < 1.29 is 0 Å². The van der Waals surface area contributed by atoms with Crippen molar-refractivity contribution in [3.8, 4) is 0 Å². The van der Waals surface area contributed by atoms with Gasteiger partial charge >= 0.3 is 0 Å². The quantitative estimate of drug-likeness (QED) is 0.837. The molecule has 1 heterocycles. The predicted molar refractivity (Wildman–Crippen MR) is 71.8 cm³/mol. The van der Waals surface area contributed by atoms with Crippen LogP contribution in [0, 0.1) is 5.92 Å². The van der Waals surface area contributed by atoms with Gasteiger partial charge in [-0.2, -0.15) is 0 Å². The highest BCUT2D eigenvalue weighted by Crippen LogP contribution is 2.25. The fraction of sp³-hybridized carbons (Fsp3) is 0.615. The second-order valence-corrected chi connectivity index (χ2v) is 5.63. The van der Waals surface area contributed by atoms with Gasteiger partial charge in [-0.15, -0.1) is 0 Å². The Hall–Kier alpha value is -0.570. The van der Waals surface area contributed by atoms with Crippen molar-refractivity contribution in [3.05, 3.63) is 22.8 Å². The van der Waals surface area contributed by atoms with E-state index in [2.05, 4.69) is 45.0 Å². The van der Waals surface area contributed by atoms with Crippen LogP contribution in [0.4, 0.5) is 5.82 Å². The lowest BCUT2D eigenvalue weighted by Crippen LogP contribution is -2.27. The molecule has 0 spiro atoms. The molecule has 0 N–H and O–H groups in total. The number of nitrogens with zero attached hydrogens (tertiary/aromatic N) is 2. The van der Waals surface area contributed by atoms with Crippen molar-refractivity contribution in [2.45, 2.75) is 32.1 Å². The summed E-state index contributed by atoms with van der Waals surface area (Å²) in [4.78, 5) is 6.70. The molecule has 1 fully saturated rings. The zero-order valence-corrected chi connectivity index (χ0v) is 11.4. The van der Waals surface area contributed by atoms with Crippen LogP contribution in [0.2, 0.25) is 0 Å².